The maximum Gasteiger partial charge on any atom is 0.150 e. The Hall–Kier alpha value is -0.810. The van der Waals surface area contributed by atoms with Gasteiger partial charge in [0.05, 0.1) is 5.75 Å². The molecule has 0 aliphatic heterocycles. The Kier molecular flexibility index (Phi) is 5.88. The van der Waals surface area contributed by atoms with E-state index in [1.165, 1.54) is 5.56 Å². The summed E-state index contributed by atoms with van der Waals surface area (Å²) in [6.07, 6.45) is 5.85. The minimum Gasteiger partial charge on any atom is -0.354 e. The molecule has 0 spiro atoms. The lowest BCUT2D eigenvalue weighted by Gasteiger charge is -2.11. The molecule has 0 aliphatic rings. The molecule has 18 heavy (non-hydrogen) atoms. The van der Waals surface area contributed by atoms with Gasteiger partial charge in [0.1, 0.15) is 9.84 Å². The number of hydrogen-bond donors (Lipinski definition) is 1. The first-order chi connectivity index (χ1) is 8.52. The van der Waals surface area contributed by atoms with Gasteiger partial charge in [-0.2, -0.15) is 0 Å². The van der Waals surface area contributed by atoms with E-state index >= 15 is 0 Å². The molecule has 1 N–H and O–H groups in total. The highest BCUT2D eigenvalue weighted by atomic mass is 32.2. The predicted octanol–water partition coefficient (Wildman–Crippen LogP) is 1.98. The Balaban J connectivity index is 2.50. The van der Waals surface area contributed by atoms with Gasteiger partial charge in [-0.3, -0.25) is 0 Å². The maximum atomic E-state index is 11.4. The van der Waals surface area contributed by atoms with Crippen molar-refractivity contribution < 1.29 is 8.42 Å². The Labute approximate surface area is 110 Å². The van der Waals surface area contributed by atoms with E-state index in [-0.39, 0.29) is 11.5 Å². The molecule has 0 bridgehead atoms. The van der Waals surface area contributed by atoms with E-state index in [0.717, 1.165) is 13.0 Å². The summed E-state index contributed by atoms with van der Waals surface area (Å²) in [7, 11) is -0.877. The van der Waals surface area contributed by atoms with Crippen molar-refractivity contribution in [3.8, 4) is 0 Å². The van der Waals surface area contributed by atoms with Crippen LogP contribution in [0.4, 0.5) is 0 Å². The van der Waals surface area contributed by atoms with Crippen molar-refractivity contribution in [2.45, 2.75) is 39.3 Å². The Morgan fingerprint density at radius 2 is 2.11 bits per heavy atom. The van der Waals surface area contributed by atoms with E-state index in [1.54, 1.807) is 6.92 Å². The third kappa shape index (κ3) is 4.46. The lowest BCUT2D eigenvalue weighted by molar-refractivity contribution is 0.572. The number of aryl methyl sites for hydroxylation is 1. The second kappa shape index (κ2) is 6.95. The smallest absolute Gasteiger partial charge is 0.150 e. The second-order valence-electron chi connectivity index (χ2n) is 4.52. The van der Waals surface area contributed by atoms with Crippen LogP contribution < -0.4 is 5.32 Å². The summed E-state index contributed by atoms with van der Waals surface area (Å²) < 4.78 is 24.8. The average molecular weight is 272 g/mol. The summed E-state index contributed by atoms with van der Waals surface area (Å²) in [4.78, 5) is 0. The Bertz CT molecular complexity index is 447. The van der Waals surface area contributed by atoms with Gasteiger partial charge in [0.15, 0.2) is 0 Å². The summed E-state index contributed by atoms with van der Waals surface area (Å²) >= 11 is 0. The van der Waals surface area contributed by atoms with E-state index in [0.29, 0.717) is 12.5 Å². The third-order valence-corrected chi connectivity index (χ3v) is 5.03. The fraction of sp³-hybridized carbons (Fsp3) is 0.692. The van der Waals surface area contributed by atoms with Crippen LogP contribution in [0.5, 0.6) is 0 Å². The molecule has 104 valence electrons. The molecule has 0 radical (unpaired) electrons. The molecule has 0 aliphatic carbocycles. The fourth-order valence-corrected chi connectivity index (χ4v) is 2.88. The highest BCUT2D eigenvalue weighted by Crippen LogP contribution is 2.16. The summed E-state index contributed by atoms with van der Waals surface area (Å²) in [5.41, 5.74) is 1.26. The topological polar surface area (TPSA) is 51.1 Å². The fourth-order valence-electron chi connectivity index (χ4n) is 2.02. The largest absolute Gasteiger partial charge is 0.354 e. The molecule has 0 aromatic carbocycles. The van der Waals surface area contributed by atoms with Gasteiger partial charge in [0.2, 0.25) is 0 Å². The van der Waals surface area contributed by atoms with Crippen LogP contribution in [-0.4, -0.2) is 31.5 Å². The van der Waals surface area contributed by atoms with Crippen molar-refractivity contribution in [1.29, 1.82) is 0 Å². The molecule has 1 heterocycles. The minimum absolute atomic E-state index is 0.238. The summed E-state index contributed by atoms with van der Waals surface area (Å²) in [5.74, 6) is 0.516. The van der Waals surface area contributed by atoms with Crippen LogP contribution in [0.15, 0.2) is 18.5 Å². The van der Waals surface area contributed by atoms with Gasteiger partial charge in [-0.1, -0.05) is 13.8 Å². The normalized spacial score (nSPS) is 13.7. The van der Waals surface area contributed by atoms with Gasteiger partial charge in [-0.05, 0) is 31.5 Å². The zero-order valence-electron chi connectivity index (χ0n) is 11.5. The van der Waals surface area contributed by atoms with Gasteiger partial charge in [0.25, 0.3) is 0 Å². The first-order valence-corrected chi connectivity index (χ1v) is 8.38. The zero-order valence-corrected chi connectivity index (χ0v) is 12.3. The van der Waals surface area contributed by atoms with E-state index < -0.39 is 9.84 Å². The third-order valence-electron chi connectivity index (χ3n) is 3.24. The summed E-state index contributed by atoms with van der Waals surface area (Å²) in [6.45, 7) is 4.60. The van der Waals surface area contributed by atoms with Gasteiger partial charge in [-0.15, -0.1) is 0 Å². The number of sulfone groups is 1. The molecule has 1 rings (SSSR count). The van der Waals surface area contributed by atoms with Crippen LogP contribution in [0.25, 0.3) is 0 Å². The average Bonchev–Trinajstić information content (AvgIpc) is 2.79. The van der Waals surface area contributed by atoms with Crippen molar-refractivity contribution in [3.05, 3.63) is 24.0 Å². The van der Waals surface area contributed by atoms with Crippen LogP contribution in [-0.2, 0) is 16.4 Å². The number of aromatic nitrogens is 1. The molecule has 4 nitrogen and oxygen atoms in total. The van der Waals surface area contributed by atoms with Gasteiger partial charge < -0.3 is 9.88 Å². The molecule has 1 unspecified atom stereocenters. The SMILES string of the molecule is CCC(NC)c1ccn(CCCS(=O)(=O)CC)c1. The molecule has 1 aromatic rings. The first kappa shape index (κ1) is 15.2. The van der Waals surface area contributed by atoms with E-state index in [2.05, 4.69) is 29.1 Å². The molecule has 1 atom stereocenters. The lowest BCUT2D eigenvalue weighted by Crippen LogP contribution is -2.14. The van der Waals surface area contributed by atoms with Crippen LogP contribution in [0.3, 0.4) is 0 Å². The molecular weight excluding hydrogens is 248 g/mol. The van der Waals surface area contributed by atoms with Crippen molar-refractivity contribution in [2.24, 2.45) is 0 Å². The monoisotopic (exact) mass is 272 g/mol. The lowest BCUT2D eigenvalue weighted by atomic mass is 10.1. The number of nitrogens with one attached hydrogen (secondary N) is 1. The number of nitrogens with zero attached hydrogens (tertiary/aromatic N) is 1. The number of rotatable bonds is 8. The zero-order chi connectivity index (χ0) is 13.6. The van der Waals surface area contributed by atoms with Gasteiger partial charge >= 0.3 is 0 Å². The quantitative estimate of drug-likeness (QED) is 0.787. The van der Waals surface area contributed by atoms with Gasteiger partial charge in [0, 0.05) is 30.7 Å². The minimum atomic E-state index is -2.83. The van der Waals surface area contributed by atoms with Crippen LogP contribution in [0.2, 0.25) is 0 Å². The summed E-state index contributed by atoms with van der Waals surface area (Å²) in [6, 6.07) is 2.48. The molecule has 5 heteroatoms. The second-order valence-corrected chi connectivity index (χ2v) is 6.99. The predicted molar refractivity (Wildman–Crippen MR) is 75.5 cm³/mol. The van der Waals surface area contributed by atoms with Crippen molar-refractivity contribution in [2.75, 3.05) is 18.6 Å². The van der Waals surface area contributed by atoms with E-state index in [9.17, 15) is 8.42 Å². The van der Waals surface area contributed by atoms with E-state index in [1.807, 2.05) is 13.2 Å². The Morgan fingerprint density at radius 1 is 1.39 bits per heavy atom. The van der Waals surface area contributed by atoms with Crippen LogP contribution >= 0.6 is 0 Å². The molecule has 0 fully saturated rings. The van der Waals surface area contributed by atoms with Crippen LogP contribution in [0.1, 0.15) is 38.3 Å². The van der Waals surface area contributed by atoms with Crippen molar-refractivity contribution in [3.63, 3.8) is 0 Å². The van der Waals surface area contributed by atoms with Gasteiger partial charge in [-0.25, -0.2) is 8.42 Å². The molecule has 1 aromatic heterocycles. The standard InChI is InChI=1S/C13H24N2O2S/c1-4-13(14-3)12-7-9-15(11-12)8-6-10-18(16,17)5-2/h7,9,11,13-14H,4-6,8,10H2,1-3H3. The molecule has 0 saturated heterocycles. The maximum absolute atomic E-state index is 11.4. The molecule has 0 amide bonds. The first-order valence-electron chi connectivity index (χ1n) is 6.55. The van der Waals surface area contributed by atoms with Crippen LogP contribution in [0, 0.1) is 0 Å². The van der Waals surface area contributed by atoms with Crippen molar-refractivity contribution >= 4 is 9.84 Å². The van der Waals surface area contributed by atoms with Crippen molar-refractivity contribution in [1.82, 2.24) is 9.88 Å². The molecular formula is C13H24N2O2S. The molecule has 0 saturated carbocycles. The highest BCUT2D eigenvalue weighted by Gasteiger charge is 2.09. The summed E-state index contributed by atoms with van der Waals surface area (Å²) in [5, 5.41) is 3.26. The number of hydrogen-bond acceptors (Lipinski definition) is 3. The van der Waals surface area contributed by atoms with E-state index in [4.69, 9.17) is 0 Å². The Morgan fingerprint density at radius 3 is 2.67 bits per heavy atom. The highest BCUT2D eigenvalue weighted by molar-refractivity contribution is 7.91.